The van der Waals surface area contributed by atoms with Crippen LogP contribution in [0.4, 0.5) is 0 Å². The number of nitrogens with zero attached hydrogens (tertiary/aromatic N) is 3. The number of aliphatic imine (C=N–C) groups is 2. The Kier molecular flexibility index (Phi) is 19.4. The van der Waals surface area contributed by atoms with Gasteiger partial charge in [0.2, 0.25) is 41.4 Å². The van der Waals surface area contributed by atoms with Gasteiger partial charge in [0.25, 0.3) is 0 Å². The zero-order valence-corrected chi connectivity index (χ0v) is 36.7. The number of nitrogens with one attached hydrogen (secondary N) is 5. The third-order valence-corrected chi connectivity index (χ3v) is 12.7. The summed E-state index contributed by atoms with van der Waals surface area (Å²) in [6, 6.07) is 0.505. The van der Waals surface area contributed by atoms with Gasteiger partial charge in [-0.2, -0.15) is 0 Å². The molecule has 20 nitrogen and oxygen atoms in total. The van der Waals surface area contributed by atoms with Gasteiger partial charge in [-0.05, 0) is 68.6 Å². The van der Waals surface area contributed by atoms with Crippen molar-refractivity contribution in [3.05, 3.63) is 34.9 Å². The Morgan fingerprint density at radius 1 is 0.758 bits per heavy atom. The van der Waals surface area contributed by atoms with Crippen LogP contribution in [0.2, 0.25) is 5.02 Å². The number of thioether (sulfide) groups is 1. The van der Waals surface area contributed by atoms with Gasteiger partial charge in [0, 0.05) is 37.2 Å². The maximum absolute atomic E-state index is 14.2. The summed E-state index contributed by atoms with van der Waals surface area (Å²) in [4.78, 5) is 104. The lowest BCUT2D eigenvalue weighted by atomic mass is 9.84. The van der Waals surface area contributed by atoms with E-state index in [4.69, 9.17) is 40.3 Å². The first-order chi connectivity index (χ1) is 29.5. The normalized spacial score (nSPS) is 20.6. The van der Waals surface area contributed by atoms with Crippen LogP contribution in [0.3, 0.4) is 0 Å². The number of hydrogen-bond acceptors (Lipinski definition) is 10. The molecule has 22 heteroatoms. The second-order valence-corrected chi connectivity index (χ2v) is 17.6. The lowest BCUT2D eigenvalue weighted by Gasteiger charge is -2.38. The summed E-state index contributed by atoms with van der Waals surface area (Å²) in [6.07, 6.45) is 7.02. The number of hydrogen-bond donors (Lipinski definition) is 10. The molecular weight excluding hydrogens is 842 g/mol. The van der Waals surface area contributed by atoms with E-state index >= 15 is 0 Å². The molecule has 0 spiro atoms. The first-order valence-corrected chi connectivity index (χ1v) is 22.5. The molecular formula is C40H62ClN13O7S. The van der Waals surface area contributed by atoms with Gasteiger partial charge in [0.05, 0.1) is 5.37 Å². The lowest BCUT2D eigenvalue weighted by Crippen LogP contribution is -2.62. The van der Waals surface area contributed by atoms with E-state index < -0.39 is 77.6 Å². The zero-order valence-electron chi connectivity index (χ0n) is 35.1. The average molecular weight is 905 g/mol. The predicted octanol–water partition coefficient (Wildman–Crippen LogP) is -1.05. The molecule has 7 atom stereocenters. The summed E-state index contributed by atoms with van der Waals surface area (Å²) < 4.78 is 0. The van der Waals surface area contributed by atoms with E-state index in [2.05, 4.69) is 36.6 Å². The molecule has 15 N–H and O–H groups in total. The molecule has 2 heterocycles. The van der Waals surface area contributed by atoms with Crippen LogP contribution in [0.15, 0.2) is 34.3 Å². The molecule has 2 saturated heterocycles. The third kappa shape index (κ3) is 15.5. The van der Waals surface area contributed by atoms with Gasteiger partial charge >= 0.3 is 0 Å². The van der Waals surface area contributed by atoms with Crippen molar-refractivity contribution in [1.29, 1.82) is 0 Å². The van der Waals surface area contributed by atoms with Crippen LogP contribution in [-0.2, 0) is 40.0 Å². The number of primary amides is 1. The maximum atomic E-state index is 14.2. The highest BCUT2D eigenvalue weighted by Gasteiger charge is 2.48. The van der Waals surface area contributed by atoms with Crippen LogP contribution >= 0.6 is 23.4 Å². The monoisotopic (exact) mass is 903 g/mol. The van der Waals surface area contributed by atoms with Crippen LogP contribution in [0.5, 0.6) is 0 Å². The van der Waals surface area contributed by atoms with Crippen molar-refractivity contribution in [1.82, 2.24) is 31.5 Å². The Morgan fingerprint density at radius 2 is 1.34 bits per heavy atom. The summed E-state index contributed by atoms with van der Waals surface area (Å²) >= 11 is 7.43. The van der Waals surface area contributed by atoms with E-state index in [9.17, 15) is 33.6 Å². The molecule has 0 radical (unpaired) electrons. The number of guanidine groups is 2. The van der Waals surface area contributed by atoms with E-state index in [0.29, 0.717) is 36.3 Å². The summed E-state index contributed by atoms with van der Waals surface area (Å²) in [6.45, 7) is 1.70. The van der Waals surface area contributed by atoms with E-state index in [1.807, 2.05) is 0 Å². The van der Waals surface area contributed by atoms with Gasteiger partial charge in [0.15, 0.2) is 11.9 Å². The lowest BCUT2D eigenvalue weighted by molar-refractivity contribution is -0.146. The van der Waals surface area contributed by atoms with Crippen molar-refractivity contribution >= 4 is 76.6 Å². The Bertz CT molecular complexity index is 1810. The fraction of sp³-hybridized carbons (Fsp3) is 0.625. The number of halogens is 1. The molecule has 1 aliphatic carbocycles. The van der Waals surface area contributed by atoms with E-state index in [1.54, 1.807) is 24.3 Å². The fourth-order valence-corrected chi connectivity index (χ4v) is 9.53. The predicted molar refractivity (Wildman–Crippen MR) is 237 cm³/mol. The largest absolute Gasteiger partial charge is 0.370 e. The summed E-state index contributed by atoms with van der Waals surface area (Å²) in [7, 11) is 0. The van der Waals surface area contributed by atoms with Crippen molar-refractivity contribution in [2.24, 2.45) is 44.6 Å². The van der Waals surface area contributed by atoms with Crippen molar-refractivity contribution < 1.29 is 33.6 Å². The summed E-state index contributed by atoms with van der Waals surface area (Å²) in [5.41, 5.74) is 28.2. The van der Waals surface area contributed by atoms with Crippen LogP contribution in [-0.4, -0.2) is 119 Å². The van der Waals surface area contributed by atoms with E-state index in [1.165, 1.54) is 23.6 Å². The molecule has 1 aromatic carbocycles. The number of rotatable bonds is 22. The number of amides is 7. The minimum atomic E-state index is -1.15. The second-order valence-electron chi connectivity index (χ2n) is 16.0. The Labute approximate surface area is 370 Å². The van der Waals surface area contributed by atoms with Gasteiger partial charge in [-0.15, -0.1) is 11.8 Å². The van der Waals surface area contributed by atoms with Crippen LogP contribution in [0.25, 0.3) is 0 Å². The number of carbonyl (C=O) groups is 7. The Hall–Kier alpha value is -5.31. The van der Waals surface area contributed by atoms with Crippen molar-refractivity contribution in [3.8, 4) is 0 Å². The van der Waals surface area contributed by atoms with Gasteiger partial charge in [0.1, 0.15) is 36.3 Å². The third-order valence-electron chi connectivity index (χ3n) is 11.1. The second kappa shape index (κ2) is 24.4. The van der Waals surface area contributed by atoms with E-state index in [0.717, 1.165) is 32.1 Å². The first kappa shape index (κ1) is 49.3. The van der Waals surface area contributed by atoms with Gasteiger partial charge in [-0.1, -0.05) is 55.8 Å². The minimum absolute atomic E-state index is 0.0744. The van der Waals surface area contributed by atoms with Crippen molar-refractivity contribution in [2.45, 2.75) is 132 Å². The number of carbonyl (C=O) groups excluding carboxylic acids is 7. The molecule has 0 aromatic heterocycles. The topological polar surface area (TPSA) is 338 Å². The summed E-state index contributed by atoms with van der Waals surface area (Å²) in [5, 5.41) is 14.0. The van der Waals surface area contributed by atoms with Crippen LogP contribution in [0, 0.1) is 5.92 Å². The molecule has 0 bridgehead atoms. The van der Waals surface area contributed by atoms with Crippen molar-refractivity contribution in [3.63, 3.8) is 0 Å². The van der Waals surface area contributed by atoms with E-state index in [-0.39, 0.29) is 67.7 Å². The van der Waals surface area contributed by atoms with Gasteiger partial charge in [-0.3, -0.25) is 43.5 Å². The molecule has 2 aliphatic heterocycles. The molecule has 4 rings (SSSR count). The quantitative estimate of drug-likeness (QED) is 0.0379. The smallest absolute Gasteiger partial charge is 0.246 e. The Morgan fingerprint density at radius 3 is 1.90 bits per heavy atom. The molecule has 1 unspecified atom stereocenters. The highest BCUT2D eigenvalue weighted by Crippen LogP contribution is 2.37. The van der Waals surface area contributed by atoms with Gasteiger partial charge in [-0.25, -0.2) is 0 Å². The molecule has 1 saturated carbocycles. The number of fused-ring (bicyclic) bond motifs is 1. The zero-order chi connectivity index (χ0) is 45.3. The molecule has 3 fully saturated rings. The minimum Gasteiger partial charge on any atom is -0.370 e. The molecule has 1 aromatic rings. The Balaban J connectivity index is 1.47. The fourth-order valence-electron chi connectivity index (χ4n) is 7.97. The average Bonchev–Trinajstić information content (AvgIpc) is 3.66. The molecule has 3 aliphatic rings. The van der Waals surface area contributed by atoms with Crippen LogP contribution < -0.4 is 55.3 Å². The van der Waals surface area contributed by atoms with Gasteiger partial charge < -0.3 is 60.2 Å². The SMILES string of the molecule is CC(=O)N[C@@H](CCCN=C(N)N)C(=O)N[C@H](CC1CCCCC1)C(=O)N[C@@H]1CCC2SC[C@@H](C(=O)N[C@H](CCCN=C(N)N)C(=O)N[C@H](Cc3ccc(Cl)cc3)C(N)=O)N2C1=O. The van der Waals surface area contributed by atoms with Crippen LogP contribution in [0.1, 0.15) is 89.5 Å². The molecule has 7 amide bonds. The number of piperidine rings is 1. The summed E-state index contributed by atoms with van der Waals surface area (Å²) in [5.74, 6) is -3.87. The molecule has 342 valence electrons. The highest BCUT2D eigenvalue weighted by molar-refractivity contribution is 8.00. The number of nitrogens with two attached hydrogens (primary N) is 5. The van der Waals surface area contributed by atoms with Crippen molar-refractivity contribution in [2.75, 3.05) is 18.8 Å². The maximum Gasteiger partial charge on any atom is 0.246 e. The number of benzene rings is 1. The standard InChI is InChI=1S/C40H62ClN13O7S/c1-22(55)49-26(9-5-17-47-39(43)44)34(57)53-30(20-23-7-3-2-4-8-23)36(59)51-28-15-16-32-54(38(28)61)31(21-62-32)37(60)50-27(10-6-18-48-40(45)46)35(58)52-29(33(42)56)19-24-11-13-25(41)14-12-24/h11-14,23,26-32H,2-10,15-21H2,1H3,(H2,42,56)(H,49,55)(H,50,60)(H,51,59)(H,52,58)(H,53,57)(H4,43,44,47)(H4,45,46,48)/t26-,27+,28+,29+,30+,31-,32?/m0/s1. The highest BCUT2D eigenvalue weighted by atomic mass is 35.5. The molecule has 62 heavy (non-hydrogen) atoms. The first-order valence-electron chi connectivity index (χ1n) is 21.1.